The molecule has 150 valence electrons. The third-order valence-corrected chi connectivity index (χ3v) is 6.32. The number of carbonyl (C=O) groups is 3. The highest BCUT2D eigenvalue weighted by atomic mass is 16.2. The molecule has 3 amide bonds. The highest BCUT2D eigenvalue weighted by Gasteiger charge is 2.40. The number of piperidine rings is 1. The molecule has 1 aromatic carbocycles. The number of carbonyl (C=O) groups excluding carboxylic acids is 3. The SMILES string of the molecule is O=C1CCC(N2Cc3c(cccc3-n3cc(CC4CCCC4)nn3)C2=O)C(=O)N1. The van der Waals surface area contributed by atoms with Crippen molar-refractivity contribution in [2.45, 2.75) is 57.5 Å². The van der Waals surface area contributed by atoms with Crippen molar-refractivity contribution < 1.29 is 14.4 Å². The van der Waals surface area contributed by atoms with Gasteiger partial charge in [-0.1, -0.05) is 37.0 Å². The summed E-state index contributed by atoms with van der Waals surface area (Å²) in [6.07, 6.45) is 8.59. The Hall–Kier alpha value is -3.03. The van der Waals surface area contributed by atoms with Gasteiger partial charge in [-0.15, -0.1) is 5.10 Å². The number of benzene rings is 1. The fourth-order valence-electron chi connectivity index (χ4n) is 4.80. The van der Waals surface area contributed by atoms with Crippen LogP contribution in [0.1, 0.15) is 60.1 Å². The smallest absolute Gasteiger partial charge is 0.255 e. The van der Waals surface area contributed by atoms with Gasteiger partial charge in [0, 0.05) is 24.1 Å². The summed E-state index contributed by atoms with van der Waals surface area (Å²) in [5.41, 5.74) is 3.22. The molecule has 1 aromatic heterocycles. The van der Waals surface area contributed by atoms with Gasteiger partial charge in [0.1, 0.15) is 6.04 Å². The van der Waals surface area contributed by atoms with E-state index in [9.17, 15) is 14.4 Å². The zero-order chi connectivity index (χ0) is 20.0. The maximum atomic E-state index is 13.0. The normalized spacial score (nSPS) is 22.3. The topological polar surface area (TPSA) is 97.2 Å². The lowest BCUT2D eigenvalue weighted by molar-refractivity contribution is -0.136. The average molecular weight is 393 g/mol. The molecule has 29 heavy (non-hydrogen) atoms. The highest BCUT2D eigenvalue weighted by molar-refractivity contribution is 6.05. The molecule has 1 unspecified atom stereocenters. The second-order valence-corrected chi connectivity index (χ2v) is 8.21. The van der Waals surface area contributed by atoms with Gasteiger partial charge >= 0.3 is 0 Å². The van der Waals surface area contributed by atoms with E-state index in [1.807, 2.05) is 18.3 Å². The number of rotatable bonds is 4. The largest absolute Gasteiger partial charge is 0.322 e. The predicted octanol–water partition coefficient (Wildman–Crippen LogP) is 1.76. The maximum Gasteiger partial charge on any atom is 0.255 e. The third kappa shape index (κ3) is 3.22. The predicted molar refractivity (Wildman–Crippen MR) is 103 cm³/mol. The Morgan fingerprint density at radius 3 is 2.72 bits per heavy atom. The Kier molecular flexibility index (Phi) is 4.41. The van der Waals surface area contributed by atoms with Gasteiger partial charge in [-0.2, -0.15) is 0 Å². The van der Waals surface area contributed by atoms with E-state index in [2.05, 4.69) is 15.6 Å². The molecule has 3 heterocycles. The molecule has 0 radical (unpaired) electrons. The summed E-state index contributed by atoms with van der Waals surface area (Å²) in [5.74, 6) is -0.175. The minimum absolute atomic E-state index is 0.178. The molecule has 2 aromatic rings. The van der Waals surface area contributed by atoms with E-state index in [0.717, 1.165) is 23.4 Å². The average Bonchev–Trinajstić information content (AvgIpc) is 3.44. The molecule has 5 rings (SSSR count). The van der Waals surface area contributed by atoms with Crippen molar-refractivity contribution in [2.24, 2.45) is 5.92 Å². The van der Waals surface area contributed by atoms with Gasteiger partial charge in [0.15, 0.2) is 0 Å². The van der Waals surface area contributed by atoms with Crippen LogP contribution in [0.25, 0.3) is 5.69 Å². The van der Waals surface area contributed by atoms with Gasteiger partial charge in [-0.3, -0.25) is 19.7 Å². The van der Waals surface area contributed by atoms with Crippen LogP contribution in [0.4, 0.5) is 0 Å². The molecule has 3 aliphatic rings. The molecule has 1 saturated heterocycles. The molecule has 0 spiro atoms. The first-order valence-corrected chi connectivity index (χ1v) is 10.3. The number of amides is 3. The van der Waals surface area contributed by atoms with Crippen LogP contribution in [0.2, 0.25) is 0 Å². The summed E-state index contributed by atoms with van der Waals surface area (Å²) in [6.45, 7) is 0.328. The highest BCUT2D eigenvalue weighted by Crippen LogP contribution is 2.32. The van der Waals surface area contributed by atoms with E-state index >= 15 is 0 Å². The van der Waals surface area contributed by atoms with Crippen molar-refractivity contribution in [1.82, 2.24) is 25.2 Å². The van der Waals surface area contributed by atoms with Crippen molar-refractivity contribution in [2.75, 3.05) is 0 Å². The maximum absolute atomic E-state index is 13.0. The van der Waals surface area contributed by atoms with Crippen molar-refractivity contribution in [3.63, 3.8) is 0 Å². The van der Waals surface area contributed by atoms with Gasteiger partial charge < -0.3 is 4.90 Å². The molecule has 0 bridgehead atoms. The first kappa shape index (κ1) is 18.0. The molecule has 2 aliphatic heterocycles. The molecular weight excluding hydrogens is 370 g/mol. The number of hydrogen-bond donors (Lipinski definition) is 1. The Labute approximate surface area is 168 Å². The third-order valence-electron chi connectivity index (χ3n) is 6.32. The fraction of sp³-hybridized carbons (Fsp3) is 0.476. The van der Waals surface area contributed by atoms with E-state index in [-0.39, 0.29) is 18.2 Å². The number of aromatic nitrogens is 3. The van der Waals surface area contributed by atoms with E-state index in [1.54, 1.807) is 15.6 Å². The van der Waals surface area contributed by atoms with Crippen molar-refractivity contribution in [3.8, 4) is 5.69 Å². The van der Waals surface area contributed by atoms with Crippen molar-refractivity contribution >= 4 is 17.7 Å². The Bertz CT molecular complexity index is 992. The van der Waals surface area contributed by atoms with E-state index < -0.39 is 11.9 Å². The fourth-order valence-corrected chi connectivity index (χ4v) is 4.80. The molecule has 8 nitrogen and oxygen atoms in total. The molecule has 1 saturated carbocycles. The number of fused-ring (bicyclic) bond motifs is 1. The number of nitrogens with zero attached hydrogens (tertiary/aromatic N) is 4. The van der Waals surface area contributed by atoms with Crippen LogP contribution in [0.3, 0.4) is 0 Å². The van der Waals surface area contributed by atoms with E-state index in [4.69, 9.17) is 0 Å². The monoisotopic (exact) mass is 393 g/mol. The van der Waals surface area contributed by atoms with Gasteiger partial charge in [0.2, 0.25) is 11.8 Å². The van der Waals surface area contributed by atoms with Crippen LogP contribution >= 0.6 is 0 Å². The molecule has 2 fully saturated rings. The molecule has 1 atom stereocenters. The summed E-state index contributed by atoms with van der Waals surface area (Å²) >= 11 is 0. The molecule has 1 N–H and O–H groups in total. The lowest BCUT2D eigenvalue weighted by Crippen LogP contribution is -2.52. The number of nitrogens with one attached hydrogen (secondary N) is 1. The zero-order valence-corrected chi connectivity index (χ0v) is 16.1. The van der Waals surface area contributed by atoms with Crippen LogP contribution < -0.4 is 5.32 Å². The van der Waals surface area contributed by atoms with Crippen LogP contribution in [-0.2, 0) is 22.6 Å². The van der Waals surface area contributed by atoms with Gasteiger partial charge in [-0.25, -0.2) is 4.68 Å². The Balaban J connectivity index is 1.40. The Morgan fingerprint density at radius 1 is 1.10 bits per heavy atom. The van der Waals surface area contributed by atoms with E-state index in [1.165, 1.54) is 25.7 Å². The zero-order valence-electron chi connectivity index (χ0n) is 16.1. The lowest BCUT2D eigenvalue weighted by Gasteiger charge is -2.29. The van der Waals surface area contributed by atoms with Gasteiger partial charge in [0.05, 0.1) is 17.6 Å². The molecular formula is C21H23N5O3. The number of imide groups is 1. The second kappa shape index (κ2) is 7.09. The number of hydrogen-bond acceptors (Lipinski definition) is 5. The van der Waals surface area contributed by atoms with Crippen LogP contribution in [0.15, 0.2) is 24.4 Å². The second-order valence-electron chi connectivity index (χ2n) is 8.21. The van der Waals surface area contributed by atoms with Crippen LogP contribution in [0, 0.1) is 5.92 Å². The summed E-state index contributed by atoms with van der Waals surface area (Å²) in [4.78, 5) is 38.2. The Morgan fingerprint density at radius 2 is 1.93 bits per heavy atom. The van der Waals surface area contributed by atoms with E-state index in [0.29, 0.717) is 24.4 Å². The van der Waals surface area contributed by atoms with Gasteiger partial charge in [-0.05, 0) is 30.9 Å². The molecule has 1 aliphatic carbocycles. The van der Waals surface area contributed by atoms with Crippen molar-refractivity contribution in [3.05, 3.63) is 41.2 Å². The summed E-state index contributed by atoms with van der Waals surface area (Å²) in [5, 5.41) is 11.0. The van der Waals surface area contributed by atoms with Crippen LogP contribution in [-0.4, -0.2) is 43.7 Å². The lowest BCUT2D eigenvalue weighted by atomic mass is 10.0. The first-order valence-electron chi connectivity index (χ1n) is 10.3. The minimum atomic E-state index is -0.617. The molecule has 8 heteroatoms. The first-order chi connectivity index (χ1) is 14.1. The summed E-state index contributed by atoms with van der Waals surface area (Å²) in [7, 11) is 0. The quantitative estimate of drug-likeness (QED) is 0.799. The summed E-state index contributed by atoms with van der Waals surface area (Å²) < 4.78 is 1.74. The van der Waals surface area contributed by atoms with Crippen LogP contribution in [0.5, 0.6) is 0 Å². The minimum Gasteiger partial charge on any atom is -0.322 e. The standard InChI is InChI=1S/C21H23N5O3/c27-19-9-8-18(20(28)22-19)25-12-16-15(21(25)29)6-3-7-17(16)26-11-14(23-24-26)10-13-4-1-2-5-13/h3,6-7,11,13,18H,1-2,4-5,8-10,12H2,(H,22,27,28). The van der Waals surface area contributed by atoms with Crippen molar-refractivity contribution in [1.29, 1.82) is 0 Å². The van der Waals surface area contributed by atoms with Gasteiger partial charge in [0.25, 0.3) is 5.91 Å². The summed E-state index contributed by atoms with van der Waals surface area (Å²) in [6, 6.07) is 4.92.